The van der Waals surface area contributed by atoms with Crippen molar-refractivity contribution in [3.05, 3.63) is 34.1 Å². The molecule has 0 aliphatic rings. The summed E-state index contributed by atoms with van der Waals surface area (Å²) in [6.45, 7) is -0.117. The van der Waals surface area contributed by atoms with Crippen LogP contribution in [0.5, 0.6) is 0 Å². The van der Waals surface area contributed by atoms with Gasteiger partial charge in [0.05, 0.1) is 11.6 Å². The first-order chi connectivity index (χ1) is 6.57. The topological polar surface area (TPSA) is 35.2 Å². The Bertz CT molecular complexity index is 320. The van der Waals surface area contributed by atoms with Gasteiger partial charge in [0.2, 0.25) is 0 Å². The molecule has 0 unspecified atom stereocenters. The van der Waals surface area contributed by atoms with Crippen LogP contribution in [0.15, 0.2) is 6.07 Å². The van der Waals surface area contributed by atoms with Crippen LogP contribution < -0.4 is 5.90 Å². The van der Waals surface area contributed by atoms with Gasteiger partial charge in [-0.05, 0) is 6.07 Å². The highest BCUT2D eigenvalue weighted by atomic mass is 35.5. The van der Waals surface area contributed by atoms with E-state index in [0.717, 1.165) is 0 Å². The van der Waals surface area contributed by atoms with Crippen molar-refractivity contribution in [3.63, 3.8) is 0 Å². The van der Waals surface area contributed by atoms with Gasteiger partial charge < -0.3 is 4.84 Å². The normalized spacial score (nSPS) is 10.6. The molecule has 0 aromatic heterocycles. The molecule has 0 atom stereocenters. The second-order valence-corrected chi connectivity index (χ2v) is 2.97. The first kappa shape index (κ1) is 11.3. The second kappa shape index (κ2) is 4.63. The zero-order valence-electron chi connectivity index (χ0n) is 6.99. The molecule has 2 N–H and O–H groups in total. The molecule has 0 amide bonds. The lowest BCUT2D eigenvalue weighted by Gasteiger charge is -2.06. The number of halogens is 4. The quantitative estimate of drug-likeness (QED) is 0.632. The largest absolute Gasteiger partial charge is 0.304 e. The monoisotopic (exact) mass is 225 g/mol. The second-order valence-electron chi connectivity index (χ2n) is 2.57. The summed E-state index contributed by atoms with van der Waals surface area (Å²) in [6, 6.07) is 0.582. The van der Waals surface area contributed by atoms with E-state index in [4.69, 9.17) is 11.6 Å². The van der Waals surface area contributed by atoms with Gasteiger partial charge in [0, 0.05) is 12.0 Å². The molecule has 0 aliphatic carbocycles. The maximum Gasteiger partial charge on any atom is 0.165 e. The standard InChI is InChI=1S/C8H7ClF3NO/c9-5-3-6(10)8(12)4(7(5)11)1-2-14-13/h3H,1-2,13H2. The fourth-order valence-corrected chi connectivity index (χ4v) is 1.21. The van der Waals surface area contributed by atoms with Crippen molar-refractivity contribution in [2.75, 3.05) is 6.61 Å². The summed E-state index contributed by atoms with van der Waals surface area (Å²) >= 11 is 5.32. The van der Waals surface area contributed by atoms with Crippen LogP contribution in [0.3, 0.4) is 0 Å². The lowest BCUT2D eigenvalue weighted by Crippen LogP contribution is -2.08. The van der Waals surface area contributed by atoms with Crippen LogP contribution in [0.1, 0.15) is 5.56 Å². The van der Waals surface area contributed by atoms with Crippen LogP contribution in [0.4, 0.5) is 13.2 Å². The molecule has 6 heteroatoms. The van der Waals surface area contributed by atoms with Crippen LogP contribution >= 0.6 is 11.6 Å². The zero-order chi connectivity index (χ0) is 10.7. The summed E-state index contributed by atoms with van der Waals surface area (Å²) in [6.07, 6.45) is -0.175. The van der Waals surface area contributed by atoms with Gasteiger partial charge in [-0.25, -0.2) is 19.1 Å². The summed E-state index contributed by atoms with van der Waals surface area (Å²) in [4.78, 5) is 4.14. The smallest absolute Gasteiger partial charge is 0.165 e. The van der Waals surface area contributed by atoms with Gasteiger partial charge in [0.15, 0.2) is 11.6 Å². The minimum Gasteiger partial charge on any atom is -0.304 e. The summed E-state index contributed by atoms with van der Waals surface area (Å²) < 4.78 is 38.9. The molecule has 0 saturated carbocycles. The van der Waals surface area contributed by atoms with E-state index < -0.39 is 28.0 Å². The highest BCUT2D eigenvalue weighted by Gasteiger charge is 2.17. The molecular formula is C8H7ClF3NO. The SMILES string of the molecule is NOCCc1c(F)c(F)cc(Cl)c1F. The lowest BCUT2D eigenvalue weighted by molar-refractivity contribution is 0.139. The van der Waals surface area contributed by atoms with Gasteiger partial charge in [-0.3, -0.25) is 0 Å². The average Bonchev–Trinajstić information content (AvgIpc) is 2.15. The van der Waals surface area contributed by atoms with Gasteiger partial charge in [-0.1, -0.05) is 11.6 Å². The zero-order valence-corrected chi connectivity index (χ0v) is 7.74. The van der Waals surface area contributed by atoms with E-state index in [1.54, 1.807) is 0 Å². The van der Waals surface area contributed by atoms with E-state index in [1.807, 2.05) is 0 Å². The minimum absolute atomic E-state index is 0.117. The van der Waals surface area contributed by atoms with Crippen LogP contribution in [0, 0.1) is 17.5 Å². The van der Waals surface area contributed by atoms with Crippen molar-refractivity contribution in [2.24, 2.45) is 5.90 Å². The molecule has 0 spiro atoms. The summed E-state index contributed by atoms with van der Waals surface area (Å²) in [5.41, 5.74) is -0.458. The number of benzene rings is 1. The van der Waals surface area contributed by atoms with Crippen LogP contribution in [-0.2, 0) is 11.3 Å². The van der Waals surface area contributed by atoms with Crippen molar-refractivity contribution in [1.82, 2.24) is 0 Å². The Labute approximate surface area is 83.4 Å². The van der Waals surface area contributed by atoms with Crippen LogP contribution in [-0.4, -0.2) is 6.61 Å². The fourth-order valence-electron chi connectivity index (χ4n) is 1.00. The van der Waals surface area contributed by atoms with E-state index in [-0.39, 0.29) is 13.0 Å². The minimum atomic E-state index is -1.26. The average molecular weight is 226 g/mol. The van der Waals surface area contributed by atoms with Gasteiger partial charge >= 0.3 is 0 Å². The molecule has 0 heterocycles. The molecule has 0 bridgehead atoms. The Balaban J connectivity index is 3.11. The maximum atomic E-state index is 13.1. The van der Waals surface area contributed by atoms with Crippen LogP contribution in [0.25, 0.3) is 0 Å². The predicted octanol–water partition coefficient (Wildman–Crippen LogP) is 2.19. The maximum absolute atomic E-state index is 13.1. The third kappa shape index (κ3) is 2.17. The lowest BCUT2D eigenvalue weighted by atomic mass is 10.1. The molecule has 0 saturated heterocycles. The Kier molecular flexibility index (Phi) is 3.74. The van der Waals surface area contributed by atoms with Gasteiger partial charge in [-0.2, -0.15) is 0 Å². The molecule has 0 radical (unpaired) electrons. The molecule has 1 aromatic carbocycles. The van der Waals surface area contributed by atoms with Gasteiger partial charge in [0.25, 0.3) is 0 Å². The van der Waals surface area contributed by atoms with Gasteiger partial charge in [-0.15, -0.1) is 0 Å². The summed E-state index contributed by atoms with van der Waals surface area (Å²) in [5, 5.41) is -0.462. The Hall–Kier alpha value is -0.780. The molecule has 2 nitrogen and oxygen atoms in total. The third-order valence-corrected chi connectivity index (χ3v) is 1.95. The highest BCUT2D eigenvalue weighted by Crippen LogP contribution is 2.24. The van der Waals surface area contributed by atoms with E-state index >= 15 is 0 Å². The molecule has 78 valence electrons. The fraction of sp³-hybridized carbons (Fsp3) is 0.250. The number of hydrogen-bond donors (Lipinski definition) is 1. The summed E-state index contributed by atoms with van der Waals surface area (Å²) in [5.74, 6) is 1.25. The molecule has 1 rings (SSSR count). The third-order valence-electron chi connectivity index (χ3n) is 1.67. The van der Waals surface area contributed by atoms with Crippen LogP contribution in [0.2, 0.25) is 5.02 Å². The Morgan fingerprint density at radius 3 is 2.50 bits per heavy atom. The number of nitrogens with two attached hydrogens (primary N) is 1. The van der Waals surface area contributed by atoms with Crippen molar-refractivity contribution in [3.8, 4) is 0 Å². The predicted molar refractivity (Wildman–Crippen MR) is 45.2 cm³/mol. The molecule has 0 fully saturated rings. The Morgan fingerprint density at radius 1 is 1.29 bits per heavy atom. The first-order valence-corrected chi connectivity index (χ1v) is 4.09. The van der Waals surface area contributed by atoms with E-state index in [2.05, 4.69) is 10.7 Å². The van der Waals surface area contributed by atoms with Crippen molar-refractivity contribution < 1.29 is 18.0 Å². The highest BCUT2D eigenvalue weighted by molar-refractivity contribution is 6.30. The molecular weight excluding hydrogens is 219 g/mol. The van der Waals surface area contributed by atoms with E-state index in [9.17, 15) is 13.2 Å². The Morgan fingerprint density at radius 2 is 1.93 bits per heavy atom. The summed E-state index contributed by atoms with van der Waals surface area (Å²) in [7, 11) is 0. The van der Waals surface area contributed by atoms with Crippen molar-refractivity contribution >= 4 is 11.6 Å². The molecule has 0 aliphatic heterocycles. The molecule has 1 aromatic rings. The van der Waals surface area contributed by atoms with E-state index in [0.29, 0.717) is 6.07 Å². The number of rotatable bonds is 3. The van der Waals surface area contributed by atoms with Gasteiger partial charge in [0.1, 0.15) is 5.82 Å². The number of hydrogen-bond acceptors (Lipinski definition) is 2. The molecule has 14 heavy (non-hydrogen) atoms. The van der Waals surface area contributed by atoms with Crippen molar-refractivity contribution in [1.29, 1.82) is 0 Å². The van der Waals surface area contributed by atoms with Crippen molar-refractivity contribution in [2.45, 2.75) is 6.42 Å². The first-order valence-electron chi connectivity index (χ1n) is 3.71. The van der Waals surface area contributed by atoms with E-state index in [1.165, 1.54) is 0 Å².